The summed E-state index contributed by atoms with van der Waals surface area (Å²) >= 11 is 3.18. The number of halogens is 2. The average Bonchev–Trinajstić information content (AvgIpc) is 3.12. The van der Waals surface area contributed by atoms with Crippen LogP contribution in [-0.4, -0.2) is 19.4 Å². The SMILES string of the molecule is COCOc1cc(C2CC2)c(OCBr)cc1F. The fourth-order valence-corrected chi connectivity index (χ4v) is 1.93. The van der Waals surface area contributed by atoms with E-state index in [1.807, 2.05) is 0 Å². The van der Waals surface area contributed by atoms with E-state index in [1.54, 1.807) is 6.07 Å². The molecule has 1 aliphatic carbocycles. The van der Waals surface area contributed by atoms with Crippen LogP contribution in [0.3, 0.4) is 0 Å². The van der Waals surface area contributed by atoms with E-state index in [4.69, 9.17) is 14.2 Å². The molecule has 1 saturated carbocycles. The molecule has 3 nitrogen and oxygen atoms in total. The summed E-state index contributed by atoms with van der Waals surface area (Å²) in [5.74, 6) is 0.847. The van der Waals surface area contributed by atoms with Gasteiger partial charge >= 0.3 is 0 Å². The molecule has 0 N–H and O–H groups in total. The Bertz CT molecular complexity index is 394. The predicted molar refractivity (Wildman–Crippen MR) is 65.3 cm³/mol. The minimum absolute atomic E-state index is 0.0413. The van der Waals surface area contributed by atoms with Gasteiger partial charge in [0.05, 0.1) is 0 Å². The first kappa shape index (κ1) is 12.6. The molecule has 94 valence electrons. The Labute approximate surface area is 108 Å². The van der Waals surface area contributed by atoms with Crippen LogP contribution in [0.25, 0.3) is 0 Å². The Kier molecular flexibility index (Phi) is 4.23. The molecule has 0 bridgehead atoms. The highest BCUT2D eigenvalue weighted by Crippen LogP contribution is 2.46. The molecule has 0 amide bonds. The van der Waals surface area contributed by atoms with E-state index in [0.717, 1.165) is 18.4 Å². The molecular formula is C12H14BrFO3. The van der Waals surface area contributed by atoms with Crippen LogP contribution in [0.1, 0.15) is 24.3 Å². The van der Waals surface area contributed by atoms with Crippen LogP contribution in [0.15, 0.2) is 12.1 Å². The third kappa shape index (κ3) is 3.10. The van der Waals surface area contributed by atoms with Crippen molar-refractivity contribution in [3.63, 3.8) is 0 Å². The number of rotatable bonds is 6. The Hall–Kier alpha value is -0.810. The molecule has 5 heteroatoms. The van der Waals surface area contributed by atoms with Gasteiger partial charge in [-0.1, -0.05) is 0 Å². The summed E-state index contributed by atoms with van der Waals surface area (Å²) in [6.45, 7) is 0.0413. The van der Waals surface area contributed by atoms with E-state index in [0.29, 0.717) is 17.2 Å². The molecule has 0 aromatic heterocycles. The number of alkyl halides is 1. The van der Waals surface area contributed by atoms with Crippen molar-refractivity contribution in [3.05, 3.63) is 23.5 Å². The third-order valence-electron chi connectivity index (χ3n) is 2.62. The van der Waals surface area contributed by atoms with Crippen molar-refractivity contribution in [1.29, 1.82) is 0 Å². The molecule has 0 aliphatic heterocycles. The zero-order chi connectivity index (χ0) is 12.3. The summed E-state index contributed by atoms with van der Waals surface area (Å²) in [5.41, 5.74) is 1.36. The summed E-state index contributed by atoms with van der Waals surface area (Å²) < 4.78 is 29.0. The lowest BCUT2D eigenvalue weighted by molar-refractivity contribution is 0.0481. The number of hydrogen-bond donors (Lipinski definition) is 0. The number of hydrogen-bond acceptors (Lipinski definition) is 3. The Morgan fingerprint density at radius 2 is 2.06 bits per heavy atom. The van der Waals surface area contributed by atoms with Gasteiger partial charge in [0.2, 0.25) is 0 Å². The van der Waals surface area contributed by atoms with Gasteiger partial charge in [0, 0.05) is 18.7 Å². The molecule has 0 radical (unpaired) electrons. The molecule has 17 heavy (non-hydrogen) atoms. The van der Waals surface area contributed by atoms with Crippen LogP contribution >= 0.6 is 15.9 Å². The Morgan fingerprint density at radius 3 is 2.65 bits per heavy atom. The maximum Gasteiger partial charge on any atom is 0.188 e. The number of methoxy groups -OCH3 is 1. The highest BCUT2D eigenvalue weighted by Gasteiger charge is 2.28. The second-order valence-electron chi connectivity index (χ2n) is 3.90. The van der Waals surface area contributed by atoms with Crippen molar-refractivity contribution in [1.82, 2.24) is 0 Å². The fourth-order valence-electron chi connectivity index (χ4n) is 1.68. The minimum atomic E-state index is -0.428. The first-order valence-corrected chi connectivity index (χ1v) is 6.52. The monoisotopic (exact) mass is 304 g/mol. The number of ether oxygens (including phenoxy) is 3. The highest BCUT2D eigenvalue weighted by molar-refractivity contribution is 9.09. The molecule has 1 aromatic carbocycles. The molecule has 0 unspecified atom stereocenters. The smallest absolute Gasteiger partial charge is 0.188 e. The summed E-state index contributed by atoms with van der Waals surface area (Å²) in [6.07, 6.45) is 2.24. The zero-order valence-electron chi connectivity index (χ0n) is 9.54. The lowest BCUT2D eigenvalue weighted by Gasteiger charge is -2.12. The Balaban J connectivity index is 2.25. The second-order valence-corrected chi connectivity index (χ2v) is 4.36. The van der Waals surface area contributed by atoms with E-state index in [9.17, 15) is 4.39 Å². The summed E-state index contributed by atoms with van der Waals surface area (Å²) in [6, 6.07) is 3.09. The van der Waals surface area contributed by atoms with Crippen LogP contribution in [0.2, 0.25) is 0 Å². The standard InChI is InChI=1S/C12H14BrFO3/c1-15-7-17-12-4-9(8-2-3-8)11(16-6-13)5-10(12)14/h4-5,8H,2-3,6-7H2,1H3. The zero-order valence-corrected chi connectivity index (χ0v) is 11.1. The number of benzene rings is 1. The van der Waals surface area contributed by atoms with Crippen LogP contribution in [0.4, 0.5) is 4.39 Å². The molecule has 1 aliphatic rings. The van der Waals surface area contributed by atoms with E-state index < -0.39 is 5.82 Å². The predicted octanol–water partition coefficient (Wildman–Crippen LogP) is 3.42. The summed E-state index contributed by atoms with van der Waals surface area (Å²) in [5, 5.41) is 0. The first-order chi connectivity index (χ1) is 8.26. The maximum absolute atomic E-state index is 13.7. The van der Waals surface area contributed by atoms with Gasteiger partial charge in [-0.05, 0) is 40.8 Å². The van der Waals surface area contributed by atoms with Gasteiger partial charge in [-0.2, -0.15) is 0 Å². The lowest BCUT2D eigenvalue weighted by atomic mass is 10.1. The fraction of sp³-hybridized carbons (Fsp3) is 0.500. The molecule has 0 heterocycles. The van der Waals surface area contributed by atoms with E-state index in [-0.39, 0.29) is 12.5 Å². The molecule has 0 saturated heterocycles. The van der Waals surface area contributed by atoms with Crippen molar-refractivity contribution in [3.8, 4) is 11.5 Å². The molecule has 0 atom stereocenters. The topological polar surface area (TPSA) is 27.7 Å². The van der Waals surface area contributed by atoms with Gasteiger partial charge in [-0.3, -0.25) is 0 Å². The lowest BCUT2D eigenvalue weighted by Crippen LogP contribution is -2.03. The van der Waals surface area contributed by atoms with Crippen molar-refractivity contribution < 1.29 is 18.6 Å². The van der Waals surface area contributed by atoms with Crippen molar-refractivity contribution in [2.24, 2.45) is 0 Å². The van der Waals surface area contributed by atoms with Crippen molar-refractivity contribution >= 4 is 15.9 Å². The van der Waals surface area contributed by atoms with Gasteiger partial charge in [-0.15, -0.1) is 0 Å². The molecule has 1 fully saturated rings. The average molecular weight is 305 g/mol. The largest absolute Gasteiger partial charge is 0.482 e. The van der Waals surface area contributed by atoms with Gasteiger partial charge in [0.15, 0.2) is 18.4 Å². The Morgan fingerprint density at radius 1 is 1.29 bits per heavy atom. The van der Waals surface area contributed by atoms with Crippen LogP contribution in [0.5, 0.6) is 11.5 Å². The van der Waals surface area contributed by atoms with Crippen LogP contribution < -0.4 is 9.47 Å². The summed E-state index contributed by atoms with van der Waals surface area (Å²) in [4.78, 5) is 0. The van der Waals surface area contributed by atoms with Crippen molar-refractivity contribution in [2.75, 3.05) is 19.4 Å². The quantitative estimate of drug-likeness (QED) is 0.595. The van der Waals surface area contributed by atoms with Crippen LogP contribution in [-0.2, 0) is 4.74 Å². The van der Waals surface area contributed by atoms with Gasteiger partial charge in [-0.25, -0.2) is 4.39 Å². The van der Waals surface area contributed by atoms with E-state index in [1.165, 1.54) is 13.2 Å². The maximum atomic E-state index is 13.7. The second kappa shape index (κ2) is 5.69. The van der Waals surface area contributed by atoms with Gasteiger partial charge in [0.25, 0.3) is 0 Å². The van der Waals surface area contributed by atoms with Crippen LogP contribution in [0, 0.1) is 5.82 Å². The summed E-state index contributed by atoms with van der Waals surface area (Å²) in [7, 11) is 1.50. The highest BCUT2D eigenvalue weighted by atomic mass is 79.9. The van der Waals surface area contributed by atoms with Gasteiger partial charge < -0.3 is 14.2 Å². The molecule has 2 rings (SSSR count). The molecular weight excluding hydrogens is 291 g/mol. The van der Waals surface area contributed by atoms with Crippen molar-refractivity contribution in [2.45, 2.75) is 18.8 Å². The third-order valence-corrected chi connectivity index (χ3v) is 2.85. The van der Waals surface area contributed by atoms with Gasteiger partial charge in [0.1, 0.15) is 11.3 Å². The van der Waals surface area contributed by atoms with E-state index in [2.05, 4.69) is 15.9 Å². The minimum Gasteiger partial charge on any atom is -0.482 e. The normalized spacial score (nSPS) is 14.8. The van der Waals surface area contributed by atoms with E-state index >= 15 is 0 Å². The molecule has 1 aromatic rings. The molecule has 0 spiro atoms. The first-order valence-electron chi connectivity index (χ1n) is 5.40.